The summed E-state index contributed by atoms with van der Waals surface area (Å²) in [7, 11) is 0. The number of aromatic carboxylic acids is 1. The van der Waals surface area contributed by atoms with E-state index in [4.69, 9.17) is 10.8 Å². The number of nitrogens with zero attached hydrogens (tertiary/aromatic N) is 2. The molecule has 0 spiro atoms. The Morgan fingerprint density at radius 2 is 2.00 bits per heavy atom. The first-order valence-electron chi connectivity index (χ1n) is 6.51. The van der Waals surface area contributed by atoms with Crippen molar-refractivity contribution in [3.05, 3.63) is 52.8 Å². The third-order valence-electron chi connectivity index (χ3n) is 3.22. The molecule has 4 N–H and O–H groups in total. The summed E-state index contributed by atoms with van der Waals surface area (Å²) in [6, 6.07) is 8.69. The molecule has 1 heterocycles. The van der Waals surface area contributed by atoms with Crippen molar-refractivity contribution in [2.45, 2.75) is 13.8 Å². The van der Waals surface area contributed by atoms with E-state index in [2.05, 4.69) is 22.7 Å². The van der Waals surface area contributed by atoms with Crippen LogP contribution < -0.4 is 11.2 Å². The Hall–Kier alpha value is -2.67. The largest absolute Gasteiger partial charge is 0.478 e. The van der Waals surface area contributed by atoms with Crippen LogP contribution in [-0.4, -0.2) is 27.0 Å². The molecular weight excluding hydrogens is 300 g/mol. The van der Waals surface area contributed by atoms with Crippen LogP contribution in [0.2, 0.25) is 0 Å². The van der Waals surface area contributed by atoms with Crippen molar-refractivity contribution in [1.82, 2.24) is 9.99 Å². The number of carboxylic acids is 1. The molecule has 0 saturated heterocycles. The molecule has 1 aromatic heterocycles. The van der Waals surface area contributed by atoms with Gasteiger partial charge in [-0.1, -0.05) is 0 Å². The number of benzene rings is 1. The molecule has 0 unspecified atom stereocenters. The van der Waals surface area contributed by atoms with E-state index < -0.39 is 5.97 Å². The lowest BCUT2D eigenvalue weighted by Gasteiger charge is -2.09. The van der Waals surface area contributed by atoms with Crippen LogP contribution in [0.25, 0.3) is 5.69 Å². The minimum Gasteiger partial charge on any atom is -0.478 e. The van der Waals surface area contributed by atoms with Crippen LogP contribution >= 0.6 is 12.2 Å². The monoisotopic (exact) mass is 316 g/mol. The quantitative estimate of drug-likeness (QED) is 0.455. The molecule has 2 rings (SSSR count). The van der Waals surface area contributed by atoms with Crippen LogP contribution in [0.5, 0.6) is 0 Å². The topological polar surface area (TPSA) is 92.6 Å². The summed E-state index contributed by atoms with van der Waals surface area (Å²) in [6.07, 6.45) is 1.64. The van der Waals surface area contributed by atoms with Crippen LogP contribution in [0.4, 0.5) is 0 Å². The number of carboxylic acid groups (broad SMARTS) is 1. The zero-order chi connectivity index (χ0) is 16.3. The minimum absolute atomic E-state index is 0.106. The van der Waals surface area contributed by atoms with Crippen molar-refractivity contribution >= 4 is 29.5 Å². The van der Waals surface area contributed by atoms with Crippen molar-refractivity contribution in [2.75, 3.05) is 0 Å². The first-order valence-corrected chi connectivity index (χ1v) is 6.92. The van der Waals surface area contributed by atoms with E-state index in [0.717, 1.165) is 22.6 Å². The molecule has 0 amide bonds. The molecule has 114 valence electrons. The molecule has 0 aliphatic rings. The molecule has 0 aliphatic heterocycles. The van der Waals surface area contributed by atoms with Gasteiger partial charge in [0.05, 0.1) is 11.8 Å². The summed E-state index contributed by atoms with van der Waals surface area (Å²) in [5.74, 6) is -0.941. The molecule has 22 heavy (non-hydrogen) atoms. The number of hydrogen-bond acceptors (Lipinski definition) is 3. The van der Waals surface area contributed by atoms with Gasteiger partial charge in [0.1, 0.15) is 0 Å². The third kappa shape index (κ3) is 3.32. The molecule has 6 nitrogen and oxygen atoms in total. The van der Waals surface area contributed by atoms with Crippen LogP contribution in [0, 0.1) is 13.8 Å². The van der Waals surface area contributed by atoms with Gasteiger partial charge in [0.25, 0.3) is 0 Å². The van der Waals surface area contributed by atoms with E-state index >= 15 is 0 Å². The maximum absolute atomic E-state index is 10.9. The van der Waals surface area contributed by atoms with Gasteiger partial charge in [-0.25, -0.2) is 4.79 Å². The number of nitrogens with one attached hydrogen (secondary N) is 1. The van der Waals surface area contributed by atoms with Gasteiger partial charge >= 0.3 is 5.97 Å². The Kier molecular flexibility index (Phi) is 4.57. The Labute approximate surface area is 133 Å². The number of hydrogen-bond donors (Lipinski definition) is 3. The number of rotatable bonds is 4. The van der Waals surface area contributed by atoms with Gasteiger partial charge in [-0.2, -0.15) is 5.10 Å². The van der Waals surface area contributed by atoms with Gasteiger partial charge in [0.15, 0.2) is 5.11 Å². The van der Waals surface area contributed by atoms with Crippen LogP contribution in [-0.2, 0) is 0 Å². The summed E-state index contributed by atoms with van der Waals surface area (Å²) in [5, 5.41) is 13.0. The molecule has 0 fully saturated rings. The Bertz CT molecular complexity index is 748. The molecule has 2 aromatic rings. The van der Waals surface area contributed by atoms with Crippen molar-refractivity contribution in [3.63, 3.8) is 0 Å². The zero-order valence-electron chi connectivity index (χ0n) is 12.2. The van der Waals surface area contributed by atoms with Gasteiger partial charge in [0.2, 0.25) is 0 Å². The average Bonchev–Trinajstić information content (AvgIpc) is 2.73. The standard InChI is InChI=1S/C15H16N4O2S/c1-9-7-12(8-17-18-15(16)22)10(2)19(9)13-5-3-11(4-6-13)14(20)21/h3-8H,1-2H3,(H,20,21)(H3,16,18,22)/b17-8-. The van der Waals surface area contributed by atoms with Gasteiger partial charge in [0, 0.05) is 22.6 Å². The Balaban J connectivity index is 2.35. The predicted octanol–water partition coefficient (Wildman–Crippen LogP) is 1.96. The highest BCUT2D eigenvalue weighted by Crippen LogP contribution is 2.20. The van der Waals surface area contributed by atoms with Crippen LogP contribution in [0.15, 0.2) is 35.4 Å². The molecule has 0 atom stereocenters. The highest BCUT2D eigenvalue weighted by molar-refractivity contribution is 7.80. The lowest BCUT2D eigenvalue weighted by molar-refractivity contribution is 0.0697. The summed E-state index contributed by atoms with van der Waals surface area (Å²) < 4.78 is 2.02. The molecule has 7 heteroatoms. The van der Waals surface area contributed by atoms with Gasteiger partial charge < -0.3 is 15.4 Å². The summed E-state index contributed by atoms with van der Waals surface area (Å²) >= 11 is 4.68. The van der Waals surface area contributed by atoms with Crippen molar-refractivity contribution in [1.29, 1.82) is 0 Å². The molecule has 0 aliphatic carbocycles. The highest BCUT2D eigenvalue weighted by Gasteiger charge is 2.10. The summed E-state index contributed by atoms with van der Waals surface area (Å²) in [6.45, 7) is 3.93. The van der Waals surface area contributed by atoms with Crippen LogP contribution in [0.1, 0.15) is 27.3 Å². The first-order chi connectivity index (χ1) is 10.4. The zero-order valence-corrected chi connectivity index (χ0v) is 13.0. The third-order valence-corrected chi connectivity index (χ3v) is 3.31. The smallest absolute Gasteiger partial charge is 0.335 e. The molecule has 0 saturated carbocycles. The molecular formula is C15H16N4O2S. The van der Waals surface area contributed by atoms with E-state index in [-0.39, 0.29) is 10.7 Å². The lowest BCUT2D eigenvalue weighted by Crippen LogP contribution is -2.24. The fourth-order valence-corrected chi connectivity index (χ4v) is 2.29. The number of aromatic nitrogens is 1. The second-order valence-corrected chi connectivity index (χ2v) is 5.19. The van der Waals surface area contributed by atoms with E-state index in [9.17, 15) is 4.79 Å². The highest BCUT2D eigenvalue weighted by atomic mass is 32.1. The fourth-order valence-electron chi connectivity index (χ4n) is 2.23. The second kappa shape index (κ2) is 6.40. The summed E-state index contributed by atoms with van der Waals surface area (Å²) in [5.41, 5.74) is 11.9. The van der Waals surface area contributed by atoms with E-state index in [1.165, 1.54) is 0 Å². The molecule has 0 bridgehead atoms. The Morgan fingerprint density at radius 3 is 2.55 bits per heavy atom. The number of aryl methyl sites for hydroxylation is 1. The number of nitrogens with two attached hydrogens (primary N) is 1. The summed E-state index contributed by atoms with van der Waals surface area (Å²) in [4.78, 5) is 10.9. The minimum atomic E-state index is -0.941. The maximum atomic E-state index is 10.9. The number of hydrazone groups is 1. The van der Waals surface area contributed by atoms with Crippen molar-refractivity contribution in [3.8, 4) is 5.69 Å². The first kappa shape index (κ1) is 15.7. The van der Waals surface area contributed by atoms with Crippen molar-refractivity contribution < 1.29 is 9.90 Å². The molecule has 1 aromatic carbocycles. The van der Waals surface area contributed by atoms with E-state index in [1.807, 2.05) is 24.5 Å². The normalized spacial score (nSPS) is 10.8. The van der Waals surface area contributed by atoms with Gasteiger partial charge in [-0.3, -0.25) is 5.43 Å². The van der Waals surface area contributed by atoms with Gasteiger partial charge in [-0.05, 0) is 56.4 Å². The SMILES string of the molecule is Cc1cc(/C=N\NC(N)=S)c(C)n1-c1ccc(C(=O)O)cc1. The van der Waals surface area contributed by atoms with Gasteiger partial charge in [-0.15, -0.1) is 0 Å². The fraction of sp³-hybridized carbons (Fsp3) is 0.133. The Morgan fingerprint density at radius 1 is 1.36 bits per heavy atom. The lowest BCUT2D eigenvalue weighted by atomic mass is 10.2. The number of thiocarbonyl (C=S) groups is 1. The predicted molar refractivity (Wildman–Crippen MR) is 89.7 cm³/mol. The number of carbonyl (C=O) groups is 1. The van der Waals surface area contributed by atoms with E-state index in [0.29, 0.717) is 0 Å². The second-order valence-electron chi connectivity index (χ2n) is 4.75. The maximum Gasteiger partial charge on any atom is 0.335 e. The van der Waals surface area contributed by atoms with Crippen LogP contribution in [0.3, 0.4) is 0 Å². The average molecular weight is 316 g/mol. The van der Waals surface area contributed by atoms with Crippen molar-refractivity contribution in [2.24, 2.45) is 10.8 Å². The van der Waals surface area contributed by atoms with E-state index in [1.54, 1.807) is 30.5 Å². The molecule has 0 radical (unpaired) electrons.